The van der Waals surface area contributed by atoms with E-state index in [9.17, 15) is 4.79 Å². The fourth-order valence-electron chi connectivity index (χ4n) is 1.51. The van der Waals surface area contributed by atoms with Gasteiger partial charge in [0.1, 0.15) is 6.04 Å². The average Bonchev–Trinajstić information content (AvgIpc) is 2.33. The zero-order valence-electron chi connectivity index (χ0n) is 9.16. The molecule has 0 aromatic rings. The second-order valence-corrected chi connectivity index (χ2v) is 3.37. The molecule has 0 saturated carbocycles. The third-order valence-corrected chi connectivity index (χ3v) is 2.36. The highest BCUT2D eigenvalue weighted by atomic mass is 16.2. The Morgan fingerprint density at radius 3 is 2.87 bits per heavy atom. The van der Waals surface area contributed by atoms with Gasteiger partial charge in [0.05, 0.1) is 11.4 Å². The van der Waals surface area contributed by atoms with E-state index in [4.69, 9.17) is 5.73 Å². The second kappa shape index (κ2) is 4.79. The van der Waals surface area contributed by atoms with Crippen LogP contribution in [0.3, 0.4) is 0 Å². The number of amides is 1. The van der Waals surface area contributed by atoms with Crippen molar-refractivity contribution in [1.82, 2.24) is 10.2 Å². The van der Waals surface area contributed by atoms with Crippen LogP contribution in [0, 0.1) is 0 Å². The third-order valence-electron chi connectivity index (χ3n) is 2.36. The smallest absolute Gasteiger partial charge is 0.245 e. The van der Waals surface area contributed by atoms with Crippen molar-refractivity contribution >= 4 is 5.91 Å². The molecule has 4 heteroatoms. The van der Waals surface area contributed by atoms with Crippen molar-refractivity contribution in [3.8, 4) is 0 Å². The topological polar surface area (TPSA) is 58.4 Å². The van der Waals surface area contributed by atoms with Gasteiger partial charge in [-0.05, 0) is 13.0 Å². The predicted molar refractivity (Wildman–Crippen MR) is 60.8 cm³/mol. The van der Waals surface area contributed by atoms with Crippen LogP contribution in [0.5, 0.6) is 0 Å². The molecule has 3 N–H and O–H groups in total. The quantitative estimate of drug-likeness (QED) is 0.652. The maximum Gasteiger partial charge on any atom is 0.245 e. The molecule has 1 amide bonds. The summed E-state index contributed by atoms with van der Waals surface area (Å²) in [7, 11) is 1.72. The summed E-state index contributed by atoms with van der Waals surface area (Å²) in [6.45, 7) is 6.00. The van der Waals surface area contributed by atoms with Crippen LogP contribution in [0.4, 0.5) is 0 Å². The van der Waals surface area contributed by atoms with E-state index in [0.29, 0.717) is 6.54 Å². The Morgan fingerprint density at radius 2 is 2.33 bits per heavy atom. The van der Waals surface area contributed by atoms with Crippen LogP contribution < -0.4 is 11.1 Å². The molecule has 0 radical (unpaired) electrons. The summed E-state index contributed by atoms with van der Waals surface area (Å²) in [5.74, 6) is -0.0903. The number of hydrogen-bond donors (Lipinski definition) is 2. The number of hydrogen-bond acceptors (Lipinski definition) is 3. The molecule has 1 fully saturated rings. The maximum absolute atomic E-state index is 11.8. The molecule has 0 aromatic heterocycles. The van der Waals surface area contributed by atoms with Crippen LogP contribution >= 0.6 is 0 Å². The molecular formula is C11H17N3O. The first-order chi connectivity index (χ1) is 7.11. The summed E-state index contributed by atoms with van der Waals surface area (Å²) in [6, 6.07) is -0.499. The molecule has 1 aliphatic rings. The van der Waals surface area contributed by atoms with Gasteiger partial charge in [-0.3, -0.25) is 4.79 Å². The first-order valence-corrected chi connectivity index (χ1v) is 4.88. The monoisotopic (exact) mass is 207 g/mol. The zero-order chi connectivity index (χ0) is 11.4. The maximum atomic E-state index is 11.8. The lowest BCUT2D eigenvalue weighted by atomic mass is 10.2. The summed E-state index contributed by atoms with van der Waals surface area (Å²) in [5, 5.41) is 3.13. The third kappa shape index (κ3) is 2.27. The van der Waals surface area contributed by atoms with Crippen LogP contribution in [0.1, 0.15) is 6.92 Å². The van der Waals surface area contributed by atoms with Crippen molar-refractivity contribution in [2.75, 3.05) is 13.6 Å². The molecule has 0 spiro atoms. The Bertz CT molecular complexity index is 331. The predicted octanol–water partition coefficient (Wildman–Crippen LogP) is 0.349. The van der Waals surface area contributed by atoms with Crippen molar-refractivity contribution in [1.29, 1.82) is 0 Å². The first-order valence-electron chi connectivity index (χ1n) is 4.88. The van der Waals surface area contributed by atoms with Crippen molar-refractivity contribution in [2.45, 2.75) is 13.0 Å². The average molecular weight is 207 g/mol. The number of carbonyl (C=O) groups excluding carboxylic acids is 1. The standard InChI is InChI=1S/C11H17N3O/c1-4-6-10-9(5-2)13-7-8(12)11(15)14(10)3/h4-6,8,13H,1,7,12H2,2-3H3/b9-5+,10-6+/t8-/m0/s1. The summed E-state index contributed by atoms with van der Waals surface area (Å²) in [6.07, 6.45) is 5.36. The van der Waals surface area contributed by atoms with E-state index in [0.717, 1.165) is 11.4 Å². The second-order valence-electron chi connectivity index (χ2n) is 3.37. The van der Waals surface area contributed by atoms with Crippen LogP contribution in [0.15, 0.2) is 36.2 Å². The number of nitrogens with zero attached hydrogens (tertiary/aromatic N) is 1. The number of nitrogens with one attached hydrogen (secondary N) is 1. The van der Waals surface area contributed by atoms with Gasteiger partial charge in [-0.15, -0.1) is 0 Å². The van der Waals surface area contributed by atoms with E-state index in [1.807, 2.05) is 13.0 Å². The molecule has 1 rings (SSSR count). The SMILES string of the molecule is C=C/C=C1\C(=C/C)NC[C@H](N)C(=O)N1C. The number of carbonyl (C=O) groups is 1. The van der Waals surface area contributed by atoms with Crippen molar-refractivity contribution < 1.29 is 4.79 Å². The van der Waals surface area contributed by atoms with Gasteiger partial charge < -0.3 is 16.0 Å². The van der Waals surface area contributed by atoms with Gasteiger partial charge in [0.2, 0.25) is 5.91 Å². The molecule has 0 bridgehead atoms. The van der Waals surface area contributed by atoms with Crippen LogP contribution in [0.2, 0.25) is 0 Å². The Morgan fingerprint density at radius 1 is 1.67 bits per heavy atom. The molecule has 0 aromatic carbocycles. The minimum absolute atomic E-state index is 0.0903. The molecule has 4 nitrogen and oxygen atoms in total. The normalized spacial score (nSPS) is 27.8. The number of rotatable bonds is 1. The molecule has 1 saturated heterocycles. The van der Waals surface area contributed by atoms with Crippen molar-refractivity contribution in [2.24, 2.45) is 5.73 Å². The molecule has 1 aliphatic heterocycles. The fourth-order valence-corrected chi connectivity index (χ4v) is 1.51. The Labute approximate surface area is 90.1 Å². The molecule has 82 valence electrons. The van der Waals surface area contributed by atoms with Crippen molar-refractivity contribution in [3.05, 3.63) is 36.2 Å². The van der Waals surface area contributed by atoms with Gasteiger partial charge in [0, 0.05) is 13.6 Å². The largest absolute Gasteiger partial charge is 0.382 e. The molecule has 1 atom stereocenters. The Balaban J connectivity index is 3.12. The minimum Gasteiger partial charge on any atom is -0.382 e. The highest BCUT2D eigenvalue weighted by Crippen LogP contribution is 2.15. The summed E-state index contributed by atoms with van der Waals surface area (Å²) < 4.78 is 0. The first kappa shape index (κ1) is 11.5. The Kier molecular flexibility index (Phi) is 3.68. The summed E-state index contributed by atoms with van der Waals surface area (Å²) >= 11 is 0. The summed E-state index contributed by atoms with van der Waals surface area (Å²) in [4.78, 5) is 13.3. The Hall–Kier alpha value is -1.55. The zero-order valence-corrected chi connectivity index (χ0v) is 9.16. The van der Waals surface area contributed by atoms with Crippen LogP contribution in [0.25, 0.3) is 0 Å². The van der Waals surface area contributed by atoms with E-state index in [-0.39, 0.29) is 5.91 Å². The minimum atomic E-state index is -0.499. The van der Waals surface area contributed by atoms with Gasteiger partial charge in [-0.25, -0.2) is 0 Å². The van der Waals surface area contributed by atoms with Crippen LogP contribution in [-0.2, 0) is 4.79 Å². The van der Waals surface area contributed by atoms with Gasteiger partial charge in [-0.1, -0.05) is 18.7 Å². The number of likely N-dealkylation sites (N-methyl/N-ethyl adjacent to an activating group) is 1. The van der Waals surface area contributed by atoms with E-state index < -0.39 is 6.04 Å². The van der Waals surface area contributed by atoms with Gasteiger partial charge in [-0.2, -0.15) is 0 Å². The van der Waals surface area contributed by atoms with E-state index in [2.05, 4.69) is 11.9 Å². The lowest BCUT2D eigenvalue weighted by Gasteiger charge is -2.19. The molecule has 0 aliphatic carbocycles. The highest BCUT2D eigenvalue weighted by Gasteiger charge is 2.25. The lowest BCUT2D eigenvalue weighted by Crippen LogP contribution is -2.42. The molecule has 15 heavy (non-hydrogen) atoms. The van der Waals surface area contributed by atoms with Crippen LogP contribution in [-0.4, -0.2) is 30.4 Å². The van der Waals surface area contributed by atoms with Gasteiger partial charge >= 0.3 is 0 Å². The molecule has 0 unspecified atom stereocenters. The molecule has 1 heterocycles. The number of allylic oxidation sites excluding steroid dienone is 3. The molecular weight excluding hydrogens is 190 g/mol. The van der Waals surface area contributed by atoms with Crippen molar-refractivity contribution in [3.63, 3.8) is 0 Å². The van der Waals surface area contributed by atoms with E-state index in [1.165, 1.54) is 0 Å². The fraction of sp³-hybridized carbons (Fsp3) is 0.364. The lowest BCUT2D eigenvalue weighted by molar-refractivity contribution is -0.128. The van der Waals surface area contributed by atoms with E-state index in [1.54, 1.807) is 24.1 Å². The summed E-state index contributed by atoms with van der Waals surface area (Å²) in [5.41, 5.74) is 7.41. The van der Waals surface area contributed by atoms with Gasteiger partial charge in [0.15, 0.2) is 0 Å². The van der Waals surface area contributed by atoms with E-state index >= 15 is 0 Å². The number of nitrogens with two attached hydrogens (primary N) is 1. The van der Waals surface area contributed by atoms with Gasteiger partial charge in [0.25, 0.3) is 0 Å². The highest BCUT2D eigenvalue weighted by molar-refractivity contribution is 5.84.